The minimum absolute atomic E-state index is 0.165. The zero-order valence-corrected chi connectivity index (χ0v) is 15.3. The van der Waals surface area contributed by atoms with E-state index in [-0.39, 0.29) is 11.8 Å². The summed E-state index contributed by atoms with van der Waals surface area (Å²) in [5, 5.41) is 6.44. The number of fused-ring (bicyclic) bond motifs is 1. The van der Waals surface area contributed by atoms with Crippen LogP contribution < -0.4 is 15.4 Å². The highest BCUT2D eigenvalue weighted by Crippen LogP contribution is 2.29. The number of hydrogen-bond donors (Lipinski definition) is 2. The average molecular weight is 364 g/mol. The van der Waals surface area contributed by atoms with Gasteiger partial charge in [0.2, 0.25) is 11.8 Å². The first-order valence-corrected chi connectivity index (χ1v) is 8.40. The Kier molecular flexibility index (Phi) is 5.26. The van der Waals surface area contributed by atoms with Gasteiger partial charge in [-0.1, -0.05) is 18.2 Å². The Balaban J connectivity index is 1.75. The Morgan fingerprint density at radius 1 is 1.07 bits per heavy atom. The first-order valence-electron chi connectivity index (χ1n) is 8.40. The molecule has 2 amide bonds. The van der Waals surface area contributed by atoms with Gasteiger partial charge in [0.05, 0.1) is 7.11 Å². The van der Waals surface area contributed by atoms with Crippen LogP contribution in [0.25, 0.3) is 17.0 Å². The van der Waals surface area contributed by atoms with Gasteiger partial charge < -0.3 is 19.8 Å². The lowest BCUT2D eigenvalue weighted by molar-refractivity contribution is -0.114. The molecule has 0 aliphatic rings. The summed E-state index contributed by atoms with van der Waals surface area (Å²) in [6.07, 6.45) is 3.00. The predicted octanol–water partition coefficient (Wildman–Crippen LogP) is 4.36. The van der Waals surface area contributed by atoms with Crippen LogP contribution in [-0.2, 0) is 9.59 Å². The van der Waals surface area contributed by atoms with Gasteiger partial charge in [-0.05, 0) is 42.8 Å². The molecule has 1 heterocycles. The minimum Gasteiger partial charge on any atom is -0.493 e. The molecule has 3 aromatic rings. The summed E-state index contributed by atoms with van der Waals surface area (Å²) in [6.45, 7) is 3.27. The summed E-state index contributed by atoms with van der Waals surface area (Å²) in [6, 6.07) is 12.8. The van der Waals surface area contributed by atoms with Crippen molar-refractivity contribution in [1.29, 1.82) is 0 Å². The third-order valence-corrected chi connectivity index (χ3v) is 4.05. The summed E-state index contributed by atoms with van der Waals surface area (Å²) in [5.41, 5.74) is 2.71. The summed E-state index contributed by atoms with van der Waals surface area (Å²) in [4.78, 5) is 23.5. The van der Waals surface area contributed by atoms with Crippen molar-refractivity contribution in [2.24, 2.45) is 0 Å². The molecule has 0 fully saturated rings. The van der Waals surface area contributed by atoms with Gasteiger partial charge in [-0.15, -0.1) is 0 Å². The van der Waals surface area contributed by atoms with E-state index in [1.54, 1.807) is 31.4 Å². The van der Waals surface area contributed by atoms with E-state index in [1.165, 1.54) is 13.0 Å². The third-order valence-electron chi connectivity index (χ3n) is 4.05. The molecule has 0 radical (unpaired) electrons. The van der Waals surface area contributed by atoms with Gasteiger partial charge >= 0.3 is 0 Å². The molecule has 0 atom stereocenters. The second-order valence-corrected chi connectivity index (χ2v) is 6.01. The molecule has 0 bridgehead atoms. The van der Waals surface area contributed by atoms with E-state index in [0.29, 0.717) is 28.5 Å². The lowest BCUT2D eigenvalue weighted by Crippen LogP contribution is -2.11. The maximum Gasteiger partial charge on any atom is 0.248 e. The molecule has 0 spiro atoms. The number of benzene rings is 2. The molecule has 0 saturated carbocycles. The van der Waals surface area contributed by atoms with Gasteiger partial charge in [-0.2, -0.15) is 0 Å². The Bertz CT molecular complexity index is 1030. The van der Waals surface area contributed by atoms with Crippen LogP contribution in [0.15, 0.2) is 53.0 Å². The van der Waals surface area contributed by atoms with Crippen LogP contribution in [0.4, 0.5) is 11.4 Å². The van der Waals surface area contributed by atoms with E-state index in [9.17, 15) is 9.59 Å². The fourth-order valence-electron chi connectivity index (χ4n) is 2.73. The SMILES string of the molecule is COc1cccc2cc(/C=C/C(=O)Nc3cccc(NC(C)=O)c3C)oc12. The second-order valence-electron chi connectivity index (χ2n) is 6.01. The number of nitrogens with one attached hydrogen (secondary N) is 2. The molecule has 2 aromatic carbocycles. The fourth-order valence-corrected chi connectivity index (χ4v) is 2.73. The molecule has 6 nitrogen and oxygen atoms in total. The van der Waals surface area contributed by atoms with Crippen LogP contribution in [0.3, 0.4) is 0 Å². The lowest BCUT2D eigenvalue weighted by Gasteiger charge is -2.11. The number of furan rings is 1. The number of amides is 2. The number of ether oxygens (including phenoxy) is 1. The Morgan fingerprint density at radius 2 is 1.78 bits per heavy atom. The summed E-state index contributed by atoms with van der Waals surface area (Å²) in [7, 11) is 1.58. The van der Waals surface area contributed by atoms with Crippen molar-refractivity contribution in [1.82, 2.24) is 0 Å². The van der Waals surface area contributed by atoms with Gasteiger partial charge in [0.25, 0.3) is 0 Å². The van der Waals surface area contributed by atoms with E-state index >= 15 is 0 Å². The number of rotatable bonds is 5. The number of hydrogen-bond acceptors (Lipinski definition) is 4. The van der Waals surface area contributed by atoms with Crippen molar-refractivity contribution in [3.63, 3.8) is 0 Å². The van der Waals surface area contributed by atoms with Crippen molar-refractivity contribution in [2.45, 2.75) is 13.8 Å². The molecule has 138 valence electrons. The van der Waals surface area contributed by atoms with Crippen LogP contribution in [0.5, 0.6) is 5.75 Å². The quantitative estimate of drug-likeness (QED) is 0.659. The normalized spacial score (nSPS) is 10.9. The highest BCUT2D eigenvalue weighted by molar-refractivity contribution is 6.03. The van der Waals surface area contributed by atoms with Crippen molar-refractivity contribution < 1.29 is 18.7 Å². The summed E-state index contributed by atoms with van der Waals surface area (Å²) in [5.74, 6) is 0.725. The van der Waals surface area contributed by atoms with Gasteiger partial charge in [0.15, 0.2) is 11.3 Å². The van der Waals surface area contributed by atoms with Crippen LogP contribution in [-0.4, -0.2) is 18.9 Å². The highest BCUT2D eigenvalue weighted by atomic mass is 16.5. The fraction of sp³-hybridized carbons (Fsp3) is 0.143. The van der Waals surface area contributed by atoms with E-state index in [2.05, 4.69) is 10.6 Å². The number of carbonyl (C=O) groups excluding carboxylic acids is 2. The lowest BCUT2D eigenvalue weighted by atomic mass is 10.1. The molecule has 2 N–H and O–H groups in total. The first-order chi connectivity index (χ1) is 13.0. The van der Waals surface area contributed by atoms with Crippen molar-refractivity contribution in [2.75, 3.05) is 17.7 Å². The zero-order chi connectivity index (χ0) is 19.4. The number of carbonyl (C=O) groups is 2. The maximum absolute atomic E-state index is 12.3. The second kappa shape index (κ2) is 7.78. The van der Waals surface area contributed by atoms with Crippen LogP contribution in [0.2, 0.25) is 0 Å². The number of anilines is 2. The first kappa shape index (κ1) is 18.3. The molecule has 0 saturated heterocycles. The summed E-state index contributed by atoms with van der Waals surface area (Å²) >= 11 is 0. The Labute approximate surface area is 156 Å². The van der Waals surface area contributed by atoms with Crippen molar-refractivity contribution >= 4 is 40.2 Å². The highest BCUT2D eigenvalue weighted by Gasteiger charge is 2.09. The van der Waals surface area contributed by atoms with E-state index in [0.717, 1.165) is 10.9 Å². The standard InChI is InChI=1S/C21H20N2O4/c1-13-17(22-14(2)24)7-5-8-18(13)23-20(25)11-10-16-12-15-6-4-9-19(26-3)21(15)27-16/h4-12H,1-3H3,(H,22,24)(H,23,25)/b11-10+. The Morgan fingerprint density at radius 3 is 2.48 bits per heavy atom. The molecule has 3 rings (SSSR count). The van der Waals surface area contributed by atoms with Gasteiger partial charge in [-0.25, -0.2) is 0 Å². The largest absolute Gasteiger partial charge is 0.493 e. The van der Waals surface area contributed by atoms with E-state index in [1.807, 2.05) is 31.2 Å². The predicted molar refractivity (Wildman–Crippen MR) is 106 cm³/mol. The van der Waals surface area contributed by atoms with Crippen LogP contribution >= 0.6 is 0 Å². The van der Waals surface area contributed by atoms with Crippen LogP contribution in [0, 0.1) is 6.92 Å². The van der Waals surface area contributed by atoms with Gasteiger partial charge in [-0.3, -0.25) is 9.59 Å². The van der Waals surface area contributed by atoms with Crippen molar-refractivity contribution in [3.8, 4) is 5.75 Å². The van der Waals surface area contributed by atoms with Crippen molar-refractivity contribution in [3.05, 3.63) is 59.9 Å². The molecule has 0 unspecified atom stereocenters. The van der Waals surface area contributed by atoms with Crippen LogP contribution in [0.1, 0.15) is 18.2 Å². The van der Waals surface area contributed by atoms with E-state index in [4.69, 9.17) is 9.15 Å². The zero-order valence-electron chi connectivity index (χ0n) is 15.3. The maximum atomic E-state index is 12.3. The monoisotopic (exact) mass is 364 g/mol. The molecular weight excluding hydrogens is 344 g/mol. The number of methoxy groups -OCH3 is 1. The molecule has 0 aliphatic heterocycles. The topological polar surface area (TPSA) is 80.6 Å². The molecule has 0 aliphatic carbocycles. The van der Waals surface area contributed by atoms with Gasteiger partial charge in [0, 0.05) is 29.8 Å². The smallest absolute Gasteiger partial charge is 0.248 e. The molecule has 6 heteroatoms. The molecular formula is C21H20N2O4. The molecule has 27 heavy (non-hydrogen) atoms. The van der Waals surface area contributed by atoms with E-state index < -0.39 is 0 Å². The molecule has 1 aromatic heterocycles. The average Bonchev–Trinajstić information content (AvgIpc) is 3.06. The number of para-hydroxylation sites is 1. The third kappa shape index (κ3) is 4.17. The van der Waals surface area contributed by atoms with Gasteiger partial charge in [0.1, 0.15) is 5.76 Å². The Hall–Kier alpha value is -3.54. The summed E-state index contributed by atoms with van der Waals surface area (Å²) < 4.78 is 11.0. The minimum atomic E-state index is -0.300.